The number of hydrogen-bond donors (Lipinski definition) is 2. The van der Waals surface area contributed by atoms with Gasteiger partial charge in [-0.15, -0.1) is 0 Å². The Morgan fingerprint density at radius 3 is 2.27 bits per heavy atom. The first-order valence-corrected chi connectivity index (χ1v) is 14.3. The van der Waals surface area contributed by atoms with Gasteiger partial charge in [-0.25, -0.2) is 0 Å². The van der Waals surface area contributed by atoms with Crippen molar-refractivity contribution in [2.45, 2.75) is 70.8 Å². The standard InChI is InChI=1S/C33H40N2O2/c1-32-18-9-14-27(32)24-15-16-29-33(2,28(24)17-19-32)20-25(31(37)35-29)30(36)34-21-26(22-10-5-3-6-11-22)23-12-7-4-8-13-23/h3-8,10-13,20,24,26-29H,9,14-19,21H2,1-2H3,(H,34,36)(H,35,37)/t24-,27-,28+,29?,32-,33+/m0/s1. The fourth-order valence-corrected chi connectivity index (χ4v) is 8.69. The number of rotatable bonds is 5. The van der Waals surface area contributed by atoms with Crippen molar-refractivity contribution in [3.8, 4) is 0 Å². The van der Waals surface area contributed by atoms with Crippen molar-refractivity contribution < 1.29 is 9.59 Å². The quantitative estimate of drug-likeness (QED) is 0.500. The average Bonchev–Trinajstić information content (AvgIpc) is 3.32. The Morgan fingerprint density at radius 1 is 0.919 bits per heavy atom. The van der Waals surface area contributed by atoms with Crippen molar-refractivity contribution in [2.75, 3.05) is 6.54 Å². The van der Waals surface area contributed by atoms with Crippen LogP contribution in [0.1, 0.15) is 75.8 Å². The molecule has 0 saturated heterocycles. The average molecular weight is 497 g/mol. The largest absolute Gasteiger partial charge is 0.351 e. The molecule has 4 heteroatoms. The van der Waals surface area contributed by atoms with Gasteiger partial charge in [-0.1, -0.05) is 87.0 Å². The topological polar surface area (TPSA) is 58.2 Å². The lowest BCUT2D eigenvalue weighted by Gasteiger charge is -2.58. The van der Waals surface area contributed by atoms with E-state index in [1.54, 1.807) is 0 Å². The second-order valence-corrected chi connectivity index (χ2v) is 12.6. The molecule has 1 heterocycles. The number of hydrogen-bond acceptors (Lipinski definition) is 2. The van der Waals surface area contributed by atoms with E-state index in [1.165, 1.54) is 38.5 Å². The van der Waals surface area contributed by atoms with Crippen LogP contribution in [-0.4, -0.2) is 24.4 Å². The molecule has 6 rings (SSSR count). The molecule has 1 aliphatic heterocycles. The van der Waals surface area contributed by atoms with Crippen LogP contribution in [0, 0.1) is 28.6 Å². The summed E-state index contributed by atoms with van der Waals surface area (Å²) in [4.78, 5) is 26.7. The molecule has 4 aliphatic rings. The summed E-state index contributed by atoms with van der Waals surface area (Å²) in [5, 5.41) is 6.41. The molecule has 0 radical (unpaired) electrons. The Kier molecular flexibility index (Phi) is 6.25. The highest BCUT2D eigenvalue weighted by molar-refractivity contribution is 6.19. The zero-order valence-electron chi connectivity index (χ0n) is 22.2. The van der Waals surface area contributed by atoms with E-state index in [1.807, 2.05) is 36.4 Å². The first-order valence-electron chi connectivity index (χ1n) is 14.3. The normalized spacial score (nSPS) is 34.6. The van der Waals surface area contributed by atoms with Crippen LogP contribution < -0.4 is 10.6 Å². The van der Waals surface area contributed by atoms with Gasteiger partial charge < -0.3 is 10.6 Å². The molecule has 2 aromatic carbocycles. The van der Waals surface area contributed by atoms with Gasteiger partial charge in [0, 0.05) is 23.9 Å². The molecular weight excluding hydrogens is 456 g/mol. The third-order valence-electron chi connectivity index (χ3n) is 10.7. The first-order chi connectivity index (χ1) is 17.9. The summed E-state index contributed by atoms with van der Waals surface area (Å²) < 4.78 is 0. The van der Waals surface area contributed by atoms with E-state index in [2.05, 4.69) is 54.8 Å². The van der Waals surface area contributed by atoms with Gasteiger partial charge in [-0.3, -0.25) is 9.59 Å². The molecule has 2 amide bonds. The van der Waals surface area contributed by atoms with E-state index in [4.69, 9.17) is 0 Å². The summed E-state index contributed by atoms with van der Waals surface area (Å²) in [6.07, 6.45) is 10.9. The third kappa shape index (κ3) is 4.23. The zero-order valence-corrected chi connectivity index (χ0v) is 22.2. The van der Waals surface area contributed by atoms with Gasteiger partial charge in [0.1, 0.15) is 5.57 Å². The Morgan fingerprint density at radius 2 is 1.59 bits per heavy atom. The monoisotopic (exact) mass is 496 g/mol. The Balaban J connectivity index is 1.24. The molecule has 3 aliphatic carbocycles. The zero-order chi connectivity index (χ0) is 25.6. The number of carbonyl (C=O) groups is 2. The molecule has 4 nitrogen and oxygen atoms in total. The van der Waals surface area contributed by atoms with Crippen LogP contribution in [0.15, 0.2) is 72.3 Å². The molecule has 2 N–H and O–H groups in total. The maximum Gasteiger partial charge on any atom is 0.256 e. The number of amides is 2. The van der Waals surface area contributed by atoms with Crippen molar-refractivity contribution in [1.82, 2.24) is 10.6 Å². The molecule has 2 aromatic rings. The Bertz CT molecular complexity index is 1150. The van der Waals surface area contributed by atoms with Crippen molar-refractivity contribution >= 4 is 11.8 Å². The summed E-state index contributed by atoms with van der Waals surface area (Å²) in [5.74, 6) is 1.60. The Labute approximate surface area is 221 Å². The number of fused-ring (bicyclic) bond motifs is 5. The lowest BCUT2D eigenvalue weighted by molar-refractivity contribution is -0.128. The molecule has 37 heavy (non-hydrogen) atoms. The van der Waals surface area contributed by atoms with Crippen LogP contribution in [0.3, 0.4) is 0 Å². The number of benzene rings is 2. The van der Waals surface area contributed by atoms with Crippen molar-refractivity contribution in [2.24, 2.45) is 28.6 Å². The van der Waals surface area contributed by atoms with Crippen LogP contribution in [-0.2, 0) is 9.59 Å². The van der Waals surface area contributed by atoms with Gasteiger partial charge in [-0.05, 0) is 72.8 Å². The van der Waals surface area contributed by atoms with Gasteiger partial charge in [-0.2, -0.15) is 0 Å². The number of nitrogens with one attached hydrogen (secondary N) is 2. The van der Waals surface area contributed by atoms with E-state index in [0.29, 0.717) is 29.4 Å². The van der Waals surface area contributed by atoms with Gasteiger partial charge in [0.25, 0.3) is 11.8 Å². The minimum absolute atomic E-state index is 0.0272. The van der Waals surface area contributed by atoms with Crippen molar-refractivity contribution in [3.05, 3.63) is 83.4 Å². The maximum absolute atomic E-state index is 13.5. The van der Waals surface area contributed by atoms with E-state index in [0.717, 1.165) is 23.5 Å². The highest BCUT2D eigenvalue weighted by Gasteiger charge is 2.58. The van der Waals surface area contributed by atoms with Gasteiger partial charge in [0.05, 0.1) is 0 Å². The van der Waals surface area contributed by atoms with Crippen LogP contribution in [0.2, 0.25) is 0 Å². The highest BCUT2D eigenvalue weighted by atomic mass is 16.2. The van der Waals surface area contributed by atoms with Crippen molar-refractivity contribution in [3.63, 3.8) is 0 Å². The molecule has 0 aromatic heterocycles. The Hall–Kier alpha value is -2.88. The summed E-state index contributed by atoms with van der Waals surface area (Å²) >= 11 is 0. The molecule has 6 atom stereocenters. The summed E-state index contributed by atoms with van der Waals surface area (Å²) in [5.41, 5.74) is 2.95. The second kappa shape index (κ2) is 9.45. The second-order valence-electron chi connectivity index (χ2n) is 12.6. The molecule has 0 spiro atoms. The molecule has 3 saturated carbocycles. The summed E-state index contributed by atoms with van der Waals surface area (Å²) in [6.45, 7) is 5.28. The van der Waals surface area contributed by atoms with Crippen LogP contribution in [0.5, 0.6) is 0 Å². The van der Waals surface area contributed by atoms with E-state index in [9.17, 15) is 9.59 Å². The molecule has 3 fully saturated rings. The lowest BCUT2D eigenvalue weighted by Crippen LogP contribution is -2.60. The number of carbonyl (C=O) groups excluding carboxylic acids is 2. The van der Waals surface area contributed by atoms with Crippen molar-refractivity contribution in [1.29, 1.82) is 0 Å². The smallest absolute Gasteiger partial charge is 0.256 e. The van der Waals surface area contributed by atoms with Gasteiger partial charge >= 0.3 is 0 Å². The third-order valence-corrected chi connectivity index (χ3v) is 10.7. The van der Waals surface area contributed by atoms with Crippen LogP contribution >= 0.6 is 0 Å². The minimum atomic E-state index is -0.252. The summed E-state index contributed by atoms with van der Waals surface area (Å²) in [7, 11) is 0. The molecule has 0 bridgehead atoms. The highest BCUT2D eigenvalue weighted by Crippen LogP contribution is 2.63. The molecule has 1 unspecified atom stereocenters. The molecule has 194 valence electrons. The molecular formula is C33H40N2O2. The lowest BCUT2D eigenvalue weighted by atomic mass is 9.48. The SMILES string of the molecule is C[C@@]12CCC[C@H]1[C@@H]1CCC3NC(=O)C(C(=O)NCC(c4ccccc4)c4ccccc4)=C[C@]3(C)[C@@H]1CC2. The van der Waals surface area contributed by atoms with E-state index >= 15 is 0 Å². The van der Waals surface area contributed by atoms with Crippen LogP contribution in [0.4, 0.5) is 0 Å². The maximum atomic E-state index is 13.5. The van der Waals surface area contributed by atoms with E-state index in [-0.39, 0.29) is 29.2 Å². The fraction of sp³-hybridized carbons (Fsp3) is 0.515. The van der Waals surface area contributed by atoms with Gasteiger partial charge in [0.2, 0.25) is 0 Å². The summed E-state index contributed by atoms with van der Waals surface area (Å²) in [6, 6.07) is 20.7. The predicted octanol–water partition coefficient (Wildman–Crippen LogP) is 5.99. The predicted molar refractivity (Wildman–Crippen MR) is 147 cm³/mol. The van der Waals surface area contributed by atoms with E-state index < -0.39 is 0 Å². The van der Waals surface area contributed by atoms with Crippen LogP contribution in [0.25, 0.3) is 0 Å². The fourth-order valence-electron chi connectivity index (χ4n) is 8.69. The minimum Gasteiger partial charge on any atom is -0.351 e. The van der Waals surface area contributed by atoms with Gasteiger partial charge in [0.15, 0.2) is 0 Å². The first kappa shape index (κ1) is 24.5.